The summed E-state index contributed by atoms with van der Waals surface area (Å²) in [5, 5.41) is 3.54. The van der Waals surface area contributed by atoms with Gasteiger partial charge in [0.25, 0.3) is 0 Å². The SMILES string of the molecule is Cc1nc(N2CC(C)CCC2C)ccc1CNC(C)(C)C. The Balaban J connectivity index is 2.11. The second-order valence-electron chi connectivity index (χ2n) is 7.70. The lowest BCUT2D eigenvalue weighted by Gasteiger charge is -2.38. The van der Waals surface area contributed by atoms with E-state index in [9.17, 15) is 0 Å². The molecule has 3 heteroatoms. The fraction of sp³-hybridized carbons (Fsp3) is 0.722. The molecule has 0 saturated carbocycles. The molecular weight excluding hydrogens is 258 g/mol. The average Bonchev–Trinajstić information content (AvgIpc) is 2.39. The van der Waals surface area contributed by atoms with Crippen molar-refractivity contribution in [3.05, 3.63) is 23.4 Å². The van der Waals surface area contributed by atoms with Crippen molar-refractivity contribution in [3.63, 3.8) is 0 Å². The van der Waals surface area contributed by atoms with Gasteiger partial charge in [-0.05, 0) is 65.0 Å². The van der Waals surface area contributed by atoms with Gasteiger partial charge in [0.1, 0.15) is 5.82 Å². The van der Waals surface area contributed by atoms with E-state index in [2.05, 4.69) is 63.9 Å². The van der Waals surface area contributed by atoms with E-state index in [4.69, 9.17) is 4.98 Å². The summed E-state index contributed by atoms with van der Waals surface area (Å²) in [5.41, 5.74) is 2.59. The normalized spacial score (nSPS) is 23.4. The molecule has 1 N–H and O–H groups in total. The molecule has 0 amide bonds. The zero-order chi connectivity index (χ0) is 15.6. The summed E-state index contributed by atoms with van der Waals surface area (Å²) in [6, 6.07) is 5.04. The Morgan fingerprint density at radius 1 is 1.24 bits per heavy atom. The first-order valence-electron chi connectivity index (χ1n) is 8.24. The Kier molecular flexibility index (Phi) is 4.92. The molecule has 0 spiro atoms. The van der Waals surface area contributed by atoms with Crippen LogP contribution in [0.4, 0.5) is 5.82 Å². The molecule has 0 bridgehead atoms. The standard InChI is InChI=1S/C18H31N3/c1-13-7-8-14(2)21(12-13)17-10-9-16(15(3)20-17)11-19-18(4,5)6/h9-10,13-14,19H,7-8,11-12H2,1-6H3. The highest BCUT2D eigenvalue weighted by Gasteiger charge is 2.24. The molecule has 0 aromatic carbocycles. The molecule has 1 aromatic rings. The maximum Gasteiger partial charge on any atom is 0.129 e. The van der Waals surface area contributed by atoms with E-state index in [-0.39, 0.29) is 5.54 Å². The smallest absolute Gasteiger partial charge is 0.129 e. The van der Waals surface area contributed by atoms with Gasteiger partial charge in [-0.3, -0.25) is 0 Å². The van der Waals surface area contributed by atoms with Crippen LogP contribution in [-0.4, -0.2) is 23.1 Å². The van der Waals surface area contributed by atoms with Crippen LogP contribution in [0.1, 0.15) is 58.7 Å². The van der Waals surface area contributed by atoms with Crippen molar-refractivity contribution < 1.29 is 0 Å². The van der Waals surface area contributed by atoms with Crippen molar-refractivity contribution in [2.24, 2.45) is 5.92 Å². The van der Waals surface area contributed by atoms with E-state index in [0.717, 1.165) is 30.5 Å². The molecule has 1 aliphatic heterocycles. The molecule has 2 unspecified atom stereocenters. The molecule has 118 valence electrons. The molecule has 1 saturated heterocycles. The minimum absolute atomic E-state index is 0.141. The number of anilines is 1. The van der Waals surface area contributed by atoms with Gasteiger partial charge in [-0.2, -0.15) is 0 Å². The van der Waals surface area contributed by atoms with Gasteiger partial charge in [0, 0.05) is 30.4 Å². The highest BCUT2D eigenvalue weighted by atomic mass is 15.2. The number of aryl methyl sites for hydroxylation is 1. The summed E-state index contributed by atoms with van der Waals surface area (Å²) >= 11 is 0. The Morgan fingerprint density at radius 2 is 1.95 bits per heavy atom. The molecule has 3 nitrogen and oxygen atoms in total. The van der Waals surface area contributed by atoms with E-state index in [1.54, 1.807) is 0 Å². The van der Waals surface area contributed by atoms with Crippen LogP contribution < -0.4 is 10.2 Å². The van der Waals surface area contributed by atoms with Crippen LogP contribution in [0.15, 0.2) is 12.1 Å². The predicted molar refractivity (Wildman–Crippen MR) is 90.8 cm³/mol. The van der Waals surface area contributed by atoms with Crippen LogP contribution >= 0.6 is 0 Å². The Bertz CT molecular complexity index is 476. The molecule has 1 aromatic heterocycles. The first-order valence-corrected chi connectivity index (χ1v) is 8.24. The topological polar surface area (TPSA) is 28.2 Å². The Morgan fingerprint density at radius 3 is 2.57 bits per heavy atom. The van der Waals surface area contributed by atoms with Crippen LogP contribution in [0.5, 0.6) is 0 Å². The minimum atomic E-state index is 0.141. The number of nitrogens with one attached hydrogen (secondary N) is 1. The number of piperidine rings is 1. The highest BCUT2D eigenvalue weighted by Crippen LogP contribution is 2.26. The number of nitrogens with zero attached hydrogens (tertiary/aromatic N) is 2. The third-order valence-electron chi connectivity index (χ3n) is 4.40. The summed E-state index contributed by atoms with van der Waals surface area (Å²) in [4.78, 5) is 7.34. The molecule has 2 atom stereocenters. The van der Waals surface area contributed by atoms with E-state index >= 15 is 0 Å². The van der Waals surface area contributed by atoms with Gasteiger partial charge in [-0.25, -0.2) is 4.98 Å². The van der Waals surface area contributed by atoms with Gasteiger partial charge in [-0.15, -0.1) is 0 Å². The zero-order valence-corrected chi connectivity index (χ0v) is 14.5. The van der Waals surface area contributed by atoms with E-state index < -0.39 is 0 Å². The fourth-order valence-electron chi connectivity index (χ4n) is 2.89. The van der Waals surface area contributed by atoms with Gasteiger partial charge in [-0.1, -0.05) is 13.0 Å². The lowest BCUT2D eigenvalue weighted by Crippen LogP contribution is -2.41. The van der Waals surface area contributed by atoms with Gasteiger partial charge in [0.15, 0.2) is 0 Å². The zero-order valence-electron chi connectivity index (χ0n) is 14.5. The van der Waals surface area contributed by atoms with Gasteiger partial charge < -0.3 is 10.2 Å². The number of pyridine rings is 1. The summed E-state index contributed by atoms with van der Waals surface area (Å²) in [6.45, 7) is 15.4. The summed E-state index contributed by atoms with van der Waals surface area (Å²) in [7, 11) is 0. The Labute approximate surface area is 130 Å². The molecule has 2 rings (SSSR count). The molecule has 0 radical (unpaired) electrons. The summed E-state index contributed by atoms with van der Waals surface area (Å²) in [6.07, 6.45) is 2.61. The first kappa shape index (κ1) is 16.3. The second kappa shape index (κ2) is 6.35. The first-order chi connectivity index (χ1) is 9.76. The third kappa shape index (κ3) is 4.44. The molecule has 2 heterocycles. The second-order valence-corrected chi connectivity index (χ2v) is 7.70. The lowest BCUT2D eigenvalue weighted by atomic mass is 9.95. The maximum atomic E-state index is 4.87. The van der Waals surface area contributed by atoms with Gasteiger partial charge in [0.2, 0.25) is 0 Å². The molecule has 21 heavy (non-hydrogen) atoms. The van der Waals surface area contributed by atoms with Crippen LogP contribution in [0, 0.1) is 12.8 Å². The van der Waals surface area contributed by atoms with Crippen molar-refractivity contribution in [1.29, 1.82) is 0 Å². The minimum Gasteiger partial charge on any atom is -0.354 e. The quantitative estimate of drug-likeness (QED) is 0.914. The van der Waals surface area contributed by atoms with Crippen molar-refractivity contribution >= 4 is 5.82 Å². The predicted octanol–water partition coefficient (Wildman–Crippen LogP) is 3.90. The summed E-state index contributed by atoms with van der Waals surface area (Å²) < 4.78 is 0. The van der Waals surface area contributed by atoms with Crippen molar-refractivity contribution in [3.8, 4) is 0 Å². The van der Waals surface area contributed by atoms with E-state index in [1.165, 1.54) is 18.4 Å². The van der Waals surface area contributed by atoms with Gasteiger partial charge >= 0.3 is 0 Å². The van der Waals surface area contributed by atoms with Crippen molar-refractivity contribution in [2.75, 3.05) is 11.4 Å². The molecular formula is C18H31N3. The third-order valence-corrected chi connectivity index (χ3v) is 4.40. The molecule has 1 aliphatic rings. The van der Waals surface area contributed by atoms with Crippen LogP contribution in [0.25, 0.3) is 0 Å². The number of hydrogen-bond donors (Lipinski definition) is 1. The largest absolute Gasteiger partial charge is 0.354 e. The number of hydrogen-bond acceptors (Lipinski definition) is 3. The van der Waals surface area contributed by atoms with E-state index in [1.807, 2.05) is 0 Å². The maximum absolute atomic E-state index is 4.87. The average molecular weight is 289 g/mol. The summed E-state index contributed by atoms with van der Waals surface area (Å²) in [5.74, 6) is 1.91. The highest BCUT2D eigenvalue weighted by molar-refractivity contribution is 5.43. The van der Waals surface area contributed by atoms with Crippen LogP contribution in [0.2, 0.25) is 0 Å². The monoisotopic (exact) mass is 289 g/mol. The van der Waals surface area contributed by atoms with Crippen LogP contribution in [0.3, 0.4) is 0 Å². The van der Waals surface area contributed by atoms with Crippen molar-refractivity contribution in [1.82, 2.24) is 10.3 Å². The molecule has 1 fully saturated rings. The Hall–Kier alpha value is -1.09. The number of rotatable bonds is 3. The molecule has 0 aliphatic carbocycles. The number of aromatic nitrogens is 1. The van der Waals surface area contributed by atoms with Crippen molar-refractivity contribution in [2.45, 2.75) is 72.5 Å². The van der Waals surface area contributed by atoms with Crippen LogP contribution in [-0.2, 0) is 6.54 Å². The van der Waals surface area contributed by atoms with Gasteiger partial charge in [0.05, 0.1) is 0 Å². The fourth-order valence-corrected chi connectivity index (χ4v) is 2.89. The van der Waals surface area contributed by atoms with E-state index in [0.29, 0.717) is 6.04 Å². The lowest BCUT2D eigenvalue weighted by molar-refractivity contribution is 0.388.